The molecule has 0 amide bonds. The number of aromatic nitrogens is 2. The molecule has 3 rings (SSSR count). The van der Waals surface area contributed by atoms with Crippen LogP contribution in [0.4, 0.5) is 0 Å². The Labute approximate surface area is 105 Å². The molecule has 0 aliphatic rings. The molecular formula is C15H13N3. The maximum absolute atomic E-state index is 8.92. The Hall–Kier alpha value is -2.47. The summed E-state index contributed by atoms with van der Waals surface area (Å²) in [5.41, 5.74) is 3.18. The van der Waals surface area contributed by atoms with Gasteiger partial charge in [0.15, 0.2) is 0 Å². The van der Waals surface area contributed by atoms with Gasteiger partial charge < -0.3 is 9.13 Å². The second-order valence-electron chi connectivity index (χ2n) is 4.40. The number of nitrogens with zero attached hydrogens (tertiary/aromatic N) is 3. The molecule has 0 saturated carbocycles. The van der Waals surface area contributed by atoms with E-state index in [1.807, 2.05) is 26.2 Å². The molecule has 0 aliphatic carbocycles. The van der Waals surface area contributed by atoms with Gasteiger partial charge in [0, 0.05) is 19.5 Å². The Morgan fingerprint density at radius 2 is 1.56 bits per heavy atom. The predicted octanol–water partition coefficient (Wildman–Crippen LogP) is 2.26. The Morgan fingerprint density at radius 1 is 1.00 bits per heavy atom. The average Bonchev–Trinajstić information content (AvgIpc) is 2.40. The topological polar surface area (TPSA) is 33.6 Å². The van der Waals surface area contributed by atoms with Gasteiger partial charge in [-0.3, -0.25) is 0 Å². The summed E-state index contributed by atoms with van der Waals surface area (Å²) < 4.78 is 4.11. The lowest BCUT2D eigenvalue weighted by Gasteiger charge is -2.16. The molecule has 0 fully saturated rings. The Balaban J connectivity index is 2.73. The summed E-state index contributed by atoms with van der Waals surface area (Å²) in [6.07, 6.45) is 1.58. The van der Waals surface area contributed by atoms with Gasteiger partial charge in [-0.05, 0) is 17.5 Å². The highest BCUT2D eigenvalue weighted by atomic mass is 15.1. The van der Waals surface area contributed by atoms with Crippen LogP contribution in [0.25, 0.3) is 27.9 Å². The van der Waals surface area contributed by atoms with Gasteiger partial charge >= 0.3 is 0 Å². The van der Waals surface area contributed by atoms with Gasteiger partial charge in [-0.25, -0.2) is 0 Å². The van der Waals surface area contributed by atoms with Crippen LogP contribution in [0.1, 0.15) is 0 Å². The van der Waals surface area contributed by atoms with Crippen molar-refractivity contribution in [3.8, 4) is 6.07 Å². The number of hydrogen-bond acceptors (Lipinski definition) is 1. The molecule has 0 atom stereocenters. The molecule has 3 aromatic rings. The van der Waals surface area contributed by atoms with E-state index in [9.17, 15) is 0 Å². The van der Waals surface area contributed by atoms with Crippen molar-refractivity contribution in [2.75, 3.05) is 0 Å². The summed E-state index contributed by atoms with van der Waals surface area (Å²) in [4.78, 5) is 0. The molecule has 1 heterocycles. The quantitative estimate of drug-likeness (QED) is 0.588. The molecule has 2 aromatic carbocycles. The van der Waals surface area contributed by atoms with Gasteiger partial charge in [-0.1, -0.05) is 24.3 Å². The van der Waals surface area contributed by atoms with E-state index in [0.29, 0.717) is 0 Å². The first kappa shape index (κ1) is 10.7. The number of benzene rings is 2. The van der Waals surface area contributed by atoms with Crippen LogP contribution < -0.4 is 5.48 Å². The van der Waals surface area contributed by atoms with Crippen molar-refractivity contribution in [3.63, 3.8) is 0 Å². The highest BCUT2D eigenvalue weighted by Gasteiger charge is 2.07. The van der Waals surface area contributed by atoms with E-state index in [-0.39, 0.29) is 0 Å². The number of nitriles is 1. The summed E-state index contributed by atoms with van der Waals surface area (Å²) in [5.74, 6) is 0. The van der Waals surface area contributed by atoms with Crippen LogP contribution in [-0.4, -0.2) is 9.13 Å². The van der Waals surface area contributed by atoms with Crippen molar-refractivity contribution in [1.82, 2.24) is 9.13 Å². The molecule has 3 nitrogen and oxygen atoms in total. The van der Waals surface area contributed by atoms with Crippen LogP contribution in [0.5, 0.6) is 0 Å². The van der Waals surface area contributed by atoms with Crippen LogP contribution >= 0.6 is 0 Å². The van der Waals surface area contributed by atoms with E-state index in [4.69, 9.17) is 5.26 Å². The molecular weight excluding hydrogens is 222 g/mol. The molecule has 0 unspecified atom stereocenters. The predicted molar refractivity (Wildman–Crippen MR) is 73.5 cm³/mol. The fraction of sp³-hybridized carbons (Fsp3) is 0.133. The standard InChI is InChI=1S/C15H13N3/c1-17-12-7-3-5-11-6-4-8-13(15(11)12)18(2)14(17)9-10-16/h3-9H,1-2H3. The summed E-state index contributed by atoms with van der Waals surface area (Å²) >= 11 is 0. The summed E-state index contributed by atoms with van der Waals surface area (Å²) in [6, 6.07) is 14.6. The Kier molecular flexibility index (Phi) is 2.24. The van der Waals surface area contributed by atoms with E-state index in [2.05, 4.69) is 39.5 Å². The first-order valence-corrected chi connectivity index (χ1v) is 5.83. The van der Waals surface area contributed by atoms with Gasteiger partial charge in [-0.15, -0.1) is 0 Å². The maximum Gasteiger partial charge on any atom is 0.123 e. The van der Waals surface area contributed by atoms with Crippen molar-refractivity contribution < 1.29 is 0 Å². The van der Waals surface area contributed by atoms with Gasteiger partial charge in [-0.2, -0.15) is 5.26 Å². The highest BCUT2D eigenvalue weighted by Crippen LogP contribution is 2.24. The van der Waals surface area contributed by atoms with Crippen LogP contribution in [0, 0.1) is 11.3 Å². The molecule has 0 radical (unpaired) electrons. The molecule has 3 heteroatoms. The summed E-state index contributed by atoms with van der Waals surface area (Å²) in [7, 11) is 3.98. The van der Waals surface area contributed by atoms with Crippen molar-refractivity contribution in [3.05, 3.63) is 41.9 Å². The number of rotatable bonds is 0. The van der Waals surface area contributed by atoms with Crippen molar-refractivity contribution in [2.24, 2.45) is 14.1 Å². The smallest absolute Gasteiger partial charge is 0.123 e. The fourth-order valence-electron chi connectivity index (χ4n) is 2.58. The minimum absolute atomic E-state index is 0.892. The minimum Gasteiger partial charge on any atom is -0.330 e. The van der Waals surface area contributed by atoms with E-state index in [1.165, 1.54) is 10.8 Å². The first-order valence-electron chi connectivity index (χ1n) is 5.83. The minimum atomic E-state index is 0.892. The zero-order chi connectivity index (χ0) is 12.7. The Morgan fingerprint density at radius 3 is 2.06 bits per heavy atom. The third-order valence-electron chi connectivity index (χ3n) is 3.46. The second-order valence-corrected chi connectivity index (χ2v) is 4.40. The van der Waals surface area contributed by atoms with E-state index < -0.39 is 0 Å². The molecule has 0 saturated heterocycles. The molecule has 0 bridgehead atoms. The van der Waals surface area contributed by atoms with Crippen LogP contribution in [0.3, 0.4) is 0 Å². The first-order chi connectivity index (χ1) is 8.74. The van der Waals surface area contributed by atoms with Gasteiger partial charge in [0.25, 0.3) is 0 Å². The van der Waals surface area contributed by atoms with Crippen molar-refractivity contribution in [1.29, 1.82) is 5.26 Å². The van der Waals surface area contributed by atoms with Crippen LogP contribution in [0.15, 0.2) is 36.4 Å². The fourth-order valence-corrected chi connectivity index (χ4v) is 2.58. The zero-order valence-electron chi connectivity index (χ0n) is 10.4. The normalized spacial score (nSPS) is 10.7. The highest BCUT2D eigenvalue weighted by molar-refractivity contribution is 6.07. The second kappa shape index (κ2) is 3.78. The third-order valence-corrected chi connectivity index (χ3v) is 3.46. The van der Waals surface area contributed by atoms with Crippen LogP contribution in [-0.2, 0) is 14.1 Å². The van der Waals surface area contributed by atoms with E-state index in [1.54, 1.807) is 6.08 Å². The van der Waals surface area contributed by atoms with E-state index >= 15 is 0 Å². The number of aryl methyl sites for hydroxylation is 2. The molecule has 1 aromatic heterocycles. The Bertz CT molecular complexity index is 799. The molecule has 18 heavy (non-hydrogen) atoms. The largest absolute Gasteiger partial charge is 0.330 e. The zero-order valence-corrected chi connectivity index (χ0v) is 10.4. The molecule has 0 spiro atoms. The van der Waals surface area contributed by atoms with Gasteiger partial charge in [0.05, 0.1) is 23.2 Å². The third kappa shape index (κ3) is 1.29. The molecule has 88 valence electrons. The summed E-state index contributed by atoms with van der Waals surface area (Å²) in [6.45, 7) is 0. The molecule has 0 N–H and O–H groups in total. The SMILES string of the molecule is Cn1c(=CC#N)n(C)c2cccc3cccc1c32. The maximum atomic E-state index is 8.92. The lowest BCUT2D eigenvalue weighted by Crippen LogP contribution is -2.28. The summed E-state index contributed by atoms with van der Waals surface area (Å²) in [5, 5.41) is 11.4. The number of hydrogen-bond donors (Lipinski definition) is 0. The lowest BCUT2D eigenvalue weighted by molar-refractivity contribution is 0.764. The van der Waals surface area contributed by atoms with E-state index in [0.717, 1.165) is 16.5 Å². The lowest BCUT2D eigenvalue weighted by atomic mass is 10.1. The van der Waals surface area contributed by atoms with Crippen molar-refractivity contribution >= 4 is 27.9 Å². The van der Waals surface area contributed by atoms with Crippen LogP contribution in [0.2, 0.25) is 0 Å². The van der Waals surface area contributed by atoms with Crippen molar-refractivity contribution in [2.45, 2.75) is 0 Å². The molecule has 0 aliphatic heterocycles. The monoisotopic (exact) mass is 235 g/mol. The average molecular weight is 235 g/mol. The van der Waals surface area contributed by atoms with Gasteiger partial charge in [0.2, 0.25) is 0 Å². The van der Waals surface area contributed by atoms with Gasteiger partial charge in [0.1, 0.15) is 5.48 Å².